The fraction of sp³-hybridized carbons (Fsp3) is 0.250. The highest BCUT2D eigenvalue weighted by atomic mass is 19.1. The van der Waals surface area contributed by atoms with E-state index in [2.05, 4.69) is 35.4 Å². The van der Waals surface area contributed by atoms with Crippen molar-refractivity contribution in [3.63, 3.8) is 0 Å². The van der Waals surface area contributed by atoms with Gasteiger partial charge in [-0.2, -0.15) is 0 Å². The second kappa shape index (κ2) is 6.37. The van der Waals surface area contributed by atoms with Gasteiger partial charge in [-0.3, -0.25) is 0 Å². The largest absolute Gasteiger partial charge is 0.355 e. The number of hydrogen-bond donors (Lipinski definition) is 1. The average Bonchev–Trinajstić information content (AvgIpc) is 3.06. The zero-order valence-electron chi connectivity index (χ0n) is 15.0. The van der Waals surface area contributed by atoms with Crippen LogP contribution in [0.1, 0.15) is 19.4 Å². The Kier molecular flexibility index (Phi) is 4.03. The van der Waals surface area contributed by atoms with E-state index in [1.54, 1.807) is 12.1 Å². The summed E-state index contributed by atoms with van der Waals surface area (Å²) in [6, 6.07) is 12.4. The van der Waals surface area contributed by atoms with Crippen molar-refractivity contribution in [1.82, 2.24) is 19.6 Å². The molecule has 1 N–H and O–H groups in total. The van der Waals surface area contributed by atoms with Crippen LogP contribution in [-0.2, 0) is 0 Å². The van der Waals surface area contributed by atoms with E-state index in [1.807, 2.05) is 23.5 Å². The lowest BCUT2D eigenvalue weighted by molar-refractivity contribution is 0.628. The molecule has 0 atom stereocenters. The molecule has 26 heavy (non-hydrogen) atoms. The summed E-state index contributed by atoms with van der Waals surface area (Å²) in [6.45, 7) is 7.10. The number of aromatic nitrogens is 4. The number of halogens is 1. The van der Waals surface area contributed by atoms with Crippen LogP contribution in [0.25, 0.3) is 27.9 Å². The summed E-state index contributed by atoms with van der Waals surface area (Å²) in [6.07, 6.45) is 0. The number of rotatable bonds is 4. The smallest absolute Gasteiger partial charge is 0.211 e. The third-order valence-corrected chi connectivity index (χ3v) is 4.27. The van der Waals surface area contributed by atoms with Gasteiger partial charge in [-0.05, 0) is 49.2 Å². The Labute approximate surface area is 150 Å². The number of anilines is 1. The van der Waals surface area contributed by atoms with Crippen LogP contribution < -0.4 is 5.32 Å². The van der Waals surface area contributed by atoms with Crippen molar-refractivity contribution >= 4 is 22.5 Å². The normalized spacial score (nSPS) is 11.6. The van der Waals surface area contributed by atoms with E-state index >= 15 is 0 Å². The lowest BCUT2D eigenvalue weighted by atomic mass is 10.1. The highest BCUT2D eigenvalue weighted by molar-refractivity contribution is 5.93. The van der Waals surface area contributed by atoms with Crippen LogP contribution in [0.5, 0.6) is 0 Å². The van der Waals surface area contributed by atoms with Crippen molar-refractivity contribution in [2.45, 2.75) is 20.8 Å². The summed E-state index contributed by atoms with van der Waals surface area (Å²) < 4.78 is 15.2. The molecule has 0 saturated carbocycles. The molecule has 0 amide bonds. The lowest BCUT2D eigenvalue weighted by Crippen LogP contribution is -2.13. The molecule has 2 aromatic carbocycles. The first-order valence-corrected chi connectivity index (χ1v) is 8.68. The second-order valence-electron chi connectivity index (χ2n) is 6.92. The number of benzene rings is 2. The van der Waals surface area contributed by atoms with Gasteiger partial charge in [0.1, 0.15) is 5.82 Å². The van der Waals surface area contributed by atoms with Crippen molar-refractivity contribution in [2.24, 2.45) is 5.92 Å². The molecule has 4 rings (SSSR count). The number of nitrogens with one attached hydrogen (secondary N) is 1. The van der Waals surface area contributed by atoms with Crippen molar-refractivity contribution in [2.75, 3.05) is 11.9 Å². The summed E-state index contributed by atoms with van der Waals surface area (Å²) in [5.74, 6) is 1.52. The number of hydrogen-bond acceptors (Lipinski definition) is 4. The van der Waals surface area contributed by atoms with Gasteiger partial charge in [-0.1, -0.05) is 25.5 Å². The van der Waals surface area contributed by atoms with E-state index < -0.39 is 0 Å². The van der Waals surface area contributed by atoms with Gasteiger partial charge in [0.2, 0.25) is 5.95 Å². The Bertz CT molecular complexity index is 1080. The first kappa shape index (κ1) is 16.4. The standard InChI is InChI=1S/C20H20FN5/c1-12(2)11-22-20-23-17-9-4-13(3)10-16(17)19-25-24-18(26(19)20)14-5-7-15(21)8-6-14/h4-10,12H,11H2,1-3H3,(H,22,23). The SMILES string of the molecule is Cc1ccc2nc(NCC(C)C)n3c(-c4ccc(F)cc4)nnc3c2c1. The van der Waals surface area contributed by atoms with Crippen molar-refractivity contribution < 1.29 is 4.39 Å². The molecule has 0 aliphatic heterocycles. The van der Waals surface area contributed by atoms with Gasteiger partial charge < -0.3 is 5.32 Å². The van der Waals surface area contributed by atoms with Crippen molar-refractivity contribution in [3.05, 3.63) is 53.8 Å². The van der Waals surface area contributed by atoms with E-state index in [-0.39, 0.29) is 5.82 Å². The third kappa shape index (κ3) is 2.87. The molecule has 0 aliphatic rings. The van der Waals surface area contributed by atoms with E-state index in [0.29, 0.717) is 17.7 Å². The molecule has 132 valence electrons. The minimum atomic E-state index is -0.278. The Morgan fingerprint density at radius 2 is 1.85 bits per heavy atom. The molecule has 6 heteroatoms. The Morgan fingerprint density at radius 1 is 1.08 bits per heavy atom. The molecule has 5 nitrogen and oxygen atoms in total. The highest BCUT2D eigenvalue weighted by Crippen LogP contribution is 2.27. The van der Waals surface area contributed by atoms with Crippen LogP contribution in [0.15, 0.2) is 42.5 Å². The fourth-order valence-corrected chi connectivity index (χ4v) is 2.95. The van der Waals surface area contributed by atoms with Gasteiger partial charge in [-0.25, -0.2) is 13.8 Å². The summed E-state index contributed by atoms with van der Waals surface area (Å²) >= 11 is 0. The van der Waals surface area contributed by atoms with Crippen molar-refractivity contribution in [3.8, 4) is 11.4 Å². The fourth-order valence-electron chi connectivity index (χ4n) is 2.95. The maximum absolute atomic E-state index is 13.3. The minimum absolute atomic E-state index is 0.278. The number of fused-ring (bicyclic) bond motifs is 3. The molecule has 2 aromatic heterocycles. The Balaban J connectivity index is 1.99. The monoisotopic (exact) mass is 349 g/mol. The van der Waals surface area contributed by atoms with Gasteiger partial charge in [-0.15, -0.1) is 10.2 Å². The highest BCUT2D eigenvalue weighted by Gasteiger charge is 2.16. The first-order chi connectivity index (χ1) is 12.5. The van der Waals surface area contributed by atoms with E-state index in [4.69, 9.17) is 4.98 Å². The lowest BCUT2D eigenvalue weighted by Gasteiger charge is -2.13. The van der Waals surface area contributed by atoms with Gasteiger partial charge >= 0.3 is 0 Å². The van der Waals surface area contributed by atoms with Gasteiger partial charge in [0.05, 0.1) is 5.52 Å². The first-order valence-electron chi connectivity index (χ1n) is 8.68. The minimum Gasteiger partial charge on any atom is -0.355 e. The van der Waals surface area contributed by atoms with Crippen LogP contribution in [0.3, 0.4) is 0 Å². The molecule has 4 aromatic rings. The van der Waals surface area contributed by atoms with Crippen LogP contribution in [0.4, 0.5) is 10.3 Å². The quantitative estimate of drug-likeness (QED) is 0.591. The maximum Gasteiger partial charge on any atom is 0.211 e. The molecule has 2 heterocycles. The van der Waals surface area contributed by atoms with E-state index in [0.717, 1.165) is 34.2 Å². The average molecular weight is 349 g/mol. The molecular weight excluding hydrogens is 329 g/mol. The molecule has 0 radical (unpaired) electrons. The maximum atomic E-state index is 13.3. The zero-order valence-corrected chi connectivity index (χ0v) is 15.0. The van der Waals surface area contributed by atoms with E-state index in [1.165, 1.54) is 12.1 Å². The molecule has 0 spiro atoms. The van der Waals surface area contributed by atoms with Crippen LogP contribution in [-0.4, -0.2) is 26.1 Å². The number of aryl methyl sites for hydroxylation is 1. The summed E-state index contributed by atoms with van der Waals surface area (Å²) in [5, 5.41) is 13.1. The van der Waals surface area contributed by atoms with Gasteiger partial charge in [0.15, 0.2) is 11.5 Å². The van der Waals surface area contributed by atoms with Crippen LogP contribution in [0, 0.1) is 18.7 Å². The molecule has 0 unspecified atom stereocenters. The third-order valence-electron chi connectivity index (χ3n) is 4.27. The Morgan fingerprint density at radius 3 is 2.58 bits per heavy atom. The second-order valence-corrected chi connectivity index (χ2v) is 6.92. The van der Waals surface area contributed by atoms with Crippen LogP contribution >= 0.6 is 0 Å². The molecule has 0 bridgehead atoms. The van der Waals surface area contributed by atoms with Gasteiger partial charge in [0, 0.05) is 17.5 Å². The zero-order chi connectivity index (χ0) is 18.3. The topological polar surface area (TPSA) is 55.1 Å². The molecular formula is C20H20FN5. The van der Waals surface area contributed by atoms with Crippen LogP contribution in [0.2, 0.25) is 0 Å². The summed E-state index contributed by atoms with van der Waals surface area (Å²) in [5.41, 5.74) is 3.53. The predicted molar refractivity (Wildman–Crippen MR) is 102 cm³/mol. The molecule has 0 saturated heterocycles. The van der Waals surface area contributed by atoms with E-state index in [9.17, 15) is 4.39 Å². The molecule has 0 aliphatic carbocycles. The molecule has 0 fully saturated rings. The van der Waals surface area contributed by atoms with Gasteiger partial charge in [0.25, 0.3) is 0 Å². The Hall–Kier alpha value is -3.02. The number of nitrogens with zero attached hydrogens (tertiary/aromatic N) is 4. The predicted octanol–water partition coefficient (Wildman–Crippen LogP) is 4.46. The van der Waals surface area contributed by atoms with Crippen molar-refractivity contribution in [1.29, 1.82) is 0 Å². The summed E-state index contributed by atoms with van der Waals surface area (Å²) in [4.78, 5) is 4.79. The summed E-state index contributed by atoms with van der Waals surface area (Å²) in [7, 11) is 0.